The first-order valence-corrected chi connectivity index (χ1v) is 41.4. The molecule has 6 aromatic carbocycles. The van der Waals surface area contributed by atoms with Crippen molar-refractivity contribution in [3.05, 3.63) is 191 Å². The average molecular weight is 1640 g/mol. The number of carboxylic acid groups (broad SMARTS) is 1. The van der Waals surface area contributed by atoms with E-state index in [-0.39, 0.29) is 82.0 Å². The van der Waals surface area contributed by atoms with Gasteiger partial charge in [0.05, 0.1) is 24.9 Å². The molecule has 21 N–H and O–H groups in total. The third-order valence-electron chi connectivity index (χ3n) is 19.5. The molecule has 626 valence electrons. The lowest BCUT2D eigenvalue weighted by Gasteiger charge is -2.32. The summed E-state index contributed by atoms with van der Waals surface area (Å²) in [5.41, 5.74) is 21.7. The zero-order chi connectivity index (χ0) is 84.4. The number of carboxylic acids is 1. The van der Waals surface area contributed by atoms with Crippen molar-refractivity contribution in [1.82, 2.24) is 63.4 Å². The summed E-state index contributed by atoms with van der Waals surface area (Å²) in [6.45, 7) is 6.08. The van der Waals surface area contributed by atoms with Crippen molar-refractivity contribution in [3.63, 3.8) is 0 Å². The second-order valence-corrected chi connectivity index (χ2v) is 31.7. The fourth-order valence-corrected chi connectivity index (χ4v) is 15.2. The quantitative estimate of drug-likeness (QED) is 0.0244. The molecule has 0 spiro atoms. The summed E-state index contributed by atoms with van der Waals surface area (Å²) in [5.74, 6) is -12.9. The molecular weight excluding hydrogens is 1530 g/mol. The first kappa shape index (κ1) is 92.8. The number of hydrogen-bond acceptors (Lipinski definition) is 21. The van der Waals surface area contributed by atoms with Crippen LogP contribution >= 0.6 is 21.6 Å². The summed E-state index contributed by atoms with van der Waals surface area (Å²) < 4.78 is 0. The Morgan fingerprint density at radius 3 is 1.28 bits per heavy atom. The van der Waals surface area contributed by atoms with Crippen molar-refractivity contribution in [2.75, 3.05) is 38.2 Å². The van der Waals surface area contributed by atoms with Gasteiger partial charge in [-0.1, -0.05) is 193 Å². The number of carbonyl (C=O) groups is 12. The van der Waals surface area contributed by atoms with Crippen LogP contribution in [0, 0.1) is 0 Å². The minimum absolute atomic E-state index is 0.00370. The Morgan fingerprint density at radius 2 is 0.836 bits per heavy atom. The Kier molecular flexibility index (Phi) is 38.1. The van der Waals surface area contributed by atoms with Crippen LogP contribution in [0.15, 0.2) is 158 Å². The number of amides is 11. The molecule has 1 fully saturated rings. The van der Waals surface area contributed by atoms with Gasteiger partial charge in [0.25, 0.3) is 0 Å². The summed E-state index contributed by atoms with van der Waals surface area (Å²) in [7, 11) is 3.03. The van der Waals surface area contributed by atoms with E-state index in [2.05, 4.69) is 58.5 Å². The number of nitrogens with two attached hydrogens (primary N) is 3. The number of nitrogens with zero attached hydrogens (tertiary/aromatic N) is 1. The second kappa shape index (κ2) is 47.6. The lowest BCUT2D eigenvalue weighted by molar-refractivity contribution is -0.145. The SMILES string of the molecule is CC(C)NCc1ccc(C[C@@H]2NC(=O)[C@@H](Cc3ccc4ccccc4c3)NC(=O)[C@H](Cc3ccccc3)NC(=O)[C@H](Cc3ccccc3)NC(=O)[C@H](CCCCN)NC(=O)[C@@H](N)CSSC[C@@H](C(=O)N[C@@H](CCCCN)C(=O)O)N(C)C(=O)[C@H](CO)NC(=O)[C@H]([C@@H](C)O)NC(=O)[C@H](Cc3ccccc3)NC(=O)[C@@H]([C@@H](C)O)NC2=O)cc1. The number of aliphatic hydroxyl groups excluding tert-OH is 3. The Hall–Kier alpha value is -10.4. The number of hydrogen-bond donors (Lipinski definition) is 18. The number of carbonyl (C=O) groups excluding carboxylic acids is 11. The molecule has 0 aromatic heterocycles. The number of likely N-dealkylation sites (N-methyl/N-ethyl adjacent to an activating group) is 1. The molecule has 11 amide bonds. The highest BCUT2D eigenvalue weighted by atomic mass is 33.1. The van der Waals surface area contributed by atoms with Gasteiger partial charge in [0.2, 0.25) is 65.0 Å². The van der Waals surface area contributed by atoms with Crippen molar-refractivity contribution in [2.45, 2.75) is 196 Å². The monoisotopic (exact) mass is 1640 g/mol. The van der Waals surface area contributed by atoms with Gasteiger partial charge in [-0.15, -0.1) is 0 Å². The Morgan fingerprint density at radius 1 is 0.457 bits per heavy atom. The summed E-state index contributed by atoms with van der Waals surface area (Å²) in [5, 5.41) is 75.4. The second-order valence-electron chi connectivity index (χ2n) is 29.2. The molecule has 1 aliphatic heterocycles. The van der Waals surface area contributed by atoms with Crippen molar-refractivity contribution < 1.29 is 78.0 Å². The van der Waals surface area contributed by atoms with Gasteiger partial charge in [0.1, 0.15) is 66.5 Å². The molecule has 0 bridgehead atoms. The molecule has 33 heteroatoms. The fourth-order valence-electron chi connectivity index (χ4n) is 12.8. The number of fused-ring (bicyclic) bond motifs is 1. The molecule has 1 heterocycles. The van der Waals surface area contributed by atoms with Gasteiger partial charge in [-0.3, -0.25) is 52.7 Å². The molecule has 0 unspecified atom stereocenters. The third kappa shape index (κ3) is 29.7. The van der Waals surface area contributed by atoms with E-state index in [1.165, 1.54) is 6.92 Å². The van der Waals surface area contributed by atoms with Gasteiger partial charge in [-0.2, -0.15) is 0 Å². The molecule has 0 saturated carbocycles. The standard InChI is InChI=1S/C83H111N15O16S2/c1-49(2)87-45-56-33-31-55(32-34-56)43-65-77(107)96-70(50(3)100)80(110)94-66(42-54-25-13-8-14-26-54)78(108)97-71(51(4)101)81(111)95-68(46-99)82(112)98(5)69(79(109)89-62(83(113)114)30-18-20-38-85)48-116-115-47-60(86)72(102)88-61(29-17-19-37-84)73(103)90-63(40-52-21-9-6-10-22-52)74(104)91-64(41-53-23-11-7-12-24-53)75(105)93-67(76(106)92-65)44-57-35-36-58-27-15-16-28-59(58)39-57/h6-16,21-28,31-36,39,49-51,60-71,87,99-101H,17-20,29-30,37-38,40-48,84-86H2,1-5H3,(H,88,102)(H,89,109)(H,90,103)(H,91,104)(H,92,106)(H,93,105)(H,94,110)(H,95,111)(H,96,107)(H,97,108)(H,113,114)/t50-,51-,60+,61+,62+,63+,64+,65+,66+,67-,68+,69+,70-,71+/m1/s1. The molecule has 31 nitrogen and oxygen atoms in total. The molecule has 0 aliphatic carbocycles. The van der Waals surface area contributed by atoms with E-state index < -0.39 is 162 Å². The summed E-state index contributed by atoms with van der Waals surface area (Å²) in [6.07, 6.45) is -3.25. The lowest BCUT2D eigenvalue weighted by Crippen LogP contribution is -2.63. The van der Waals surface area contributed by atoms with Gasteiger partial charge in [-0.25, -0.2) is 4.79 Å². The van der Waals surface area contributed by atoms with Crippen LogP contribution < -0.4 is 75.7 Å². The van der Waals surface area contributed by atoms with Crippen LogP contribution in [-0.2, 0) is 96.2 Å². The third-order valence-corrected chi connectivity index (χ3v) is 21.9. The van der Waals surface area contributed by atoms with Crippen molar-refractivity contribution >= 4 is 103 Å². The van der Waals surface area contributed by atoms with Gasteiger partial charge in [0, 0.05) is 63.2 Å². The molecule has 1 aliphatic rings. The number of unbranched alkanes of at least 4 members (excludes halogenated alkanes) is 2. The number of aliphatic carboxylic acids is 1. The normalized spacial score (nSPS) is 22.9. The number of benzene rings is 6. The van der Waals surface area contributed by atoms with E-state index >= 15 is 19.2 Å². The lowest BCUT2D eigenvalue weighted by atomic mass is 9.98. The molecule has 6 aromatic rings. The first-order chi connectivity index (χ1) is 55.5. The summed E-state index contributed by atoms with van der Waals surface area (Å²) in [6, 6.07) is 26.4. The smallest absolute Gasteiger partial charge is 0.326 e. The van der Waals surface area contributed by atoms with E-state index in [1.807, 2.05) is 62.4 Å². The number of aliphatic hydroxyl groups is 3. The van der Waals surface area contributed by atoms with Crippen LogP contribution in [0.4, 0.5) is 0 Å². The first-order valence-electron chi connectivity index (χ1n) is 38.9. The van der Waals surface area contributed by atoms with Gasteiger partial charge in [0.15, 0.2) is 0 Å². The van der Waals surface area contributed by atoms with Crippen LogP contribution in [0.5, 0.6) is 0 Å². The van der Waals surface area contributed by atoms with Gasteiger partial charge >= 0.3 is 5.97 Å². The Bertz CT molecular complexity index is 4230. The largest absolute Gasteiger partial charge is 0.480 e. The number of nitrogens with one attached hydrogen (secondary N) is 11. The highest BCUT2D eigenvalue weighted by molar-refractivity contribution is 8.76. The topological polar surface area (TPSA) is 499 Å². The molecule has 7 rings (SSSR count). The molecule has 1 saturated heterocycles. The zero-order valence-electron chi connectivity index (χ0n) is 65.9. The van der Waals surface area contributed by atoms with Crippen molar-refractivity contribution in [3.8, 4) is 0 Å². The van der Waals surface area contributed by atoms with E-state index in [0.717, 1.165) is 56.8 Å². The highest BCUT2D eigenvalue weighted by Gasteiger charge is 2.40. The number of rotatable bonds is 27. The Labute approximate surface area is 683 Å². The van der Waals surface area contributed by atoms with Crippen LogP contribution in [0.2, 0.25) is 0 Å². The van der Waals surface area contributed by atoms with Crippen LogP contribution in [0.25, 0.3) is 10.8 Å². The van der Waals surface area contributed by atoms with Crippen molar-refractivity contribution in [2.24, 2.45) is 17.2 Å². The van der Waals surface area contributed by atoms with E-state index in [0.29, 0.717) is 53.6 Å². The molecule has 116 heavy (non-hydrogen) atoms. The predicted octanol–water partition coefficient (Wildman–Crippen LogP) is 0.345. The van der Waals surface area contributed by atoms with Crippen LogP contribution in [0.3, 0.4) is 0 Å². The van der Waals surface area contributed by atoms with E-state index in [4.69, 9.17) is 17.2 Å². The van der Waals surface area contributed by atoms with Crippen molar-refractivity contribution in [1.29, 1.82) is 0 Å². The van der Waals surface area contributed by atoms with Gasteiger partial charge < -0.3 is 101 Å². The Balaban J connectivity index is 1.34. The maximum Gasteiger partial charge on any atom is 0.326 e. The van der Waals surface area contributed by atoms with E-state index in [9.17, 15) is 58.8 Å². The minimum Gasteiger partial charge on any atom is -0.480 e. The summed E-state index contributed by atoms with van der Waals surface area (Å²) >= 11 is 0. The summed E-state index contributed by atoms with van der Waals surface area (Å²) in [4.78, 5) is 178. The maximum atomic E-state index is 15.6. The fraction of sp³-hybridized carbons (Fsp3) is 0.446. The van der Waals surface area contributed by atoms with Crippen LogP contribution in [-0.4, -0.2) is 225 Å². The molecule has 14 atom stereocenters. The molecular formula is C83H111N15O16S2. The van der Waals surface area contributed by atoms with Gasteiger partial charge in [-0.05, 0) is 110 Å². The zero-order valence-corrected chi connectivity index (χ0v) is 67.5. The van der Waals surface area contributed by atoms with Crippen LogP contribution in [0.1, 0.15) is 99.6 Å². The minimum atomic E-state index is -1.96. The molecule has 0 radical (unpaired) electrons. The predicted molar refractivity (Wildman–Crippen MR) is 443 cm³/mol. The van der Waals surface area contributed by atoms with E-state index in [1.54, 1.807) is 109 Å². The maximum absolute atomic E-state index is 15.6. The average Bonchev–Trinajstić information content (AvgIpc) is 0.834. The highest BCUT2D eigenvalue weighted by Crippen LogP contribution is 2.26.